The minimum absolute atomic E-state index is 0.00241. The number of hydrogen-bond donors (Lipinski definition) is 1. The monoisotopic (exact) mass is 252 g/mol. The van der Waals surface area contributed by atoms with Gasteiger partial charge in [0, 0.05) is 12.4 Å². The van der Waals surface area contributed by atoms with E-state index in [9.17, 15) is 5.26 Å². The van der Waals surface area contributed by atoms with Crippen LogP contribution in [0.5, 0.6) is 0 Å². The Morgan fingerprint density at radius 1 is 1.21 bits per heavy atom. The second kappa shape index (κ2) is 5.49. The van der Waals surface area contributed by atoms with E-state index in [0.29, 0.717) is 5.56 Å². The normalized spacial score (nSPS) is 11.7. The maximum Gasteiger partial charge on any atom is 0.102 e. The average molecular weight is 252 g/mol. The lowest BCUT2D eigenvalue weighted by atomic mass is 10.1. The third-order valence-corrected chi connectivity index (χ3v) is 3.09. The van der Waals surface area contributed by atoms with Crippen molar-refractivity contribution >= 4 is 5.69 Å². The standard InChI is InChI=1S/C15H16N4/c1-10-5-4-6-14(13(10)9-16)19-12(3)15-11(2)17-7-8-18-15/h4-8,12,19H,1-3H3. The quantitative estimate of drug-likeness (QED) is 0.911. The van der Waals surface area contributed by atoms with E-state index in [1.54, 1.807) is 12.4 Å². The van der Waals surface area contributed by atoms with E-state index in [0.717, 1.165) is 22.6 Å². The van der Waals surface area contributed by atoms with Crippen LogP contribution in [0.1, 0.15) is 35.5 Å². The van der Waals surface area contributed by atoms with Crippen LogP contribution in [0.4, 0.5) is 5.69 Å². The van der Waals surface area contributed by atoms with Crippen LogP contribution in [0.2, 0.25) is 0 Å². The largest absolute Gasteiger partial charge is 0.376 e. The molecule has 0 saturated heterocycles. The highest BCUT2D eigenvalue weighted by Crippen LogP contribution is 2.24. The van der Waals surface area contributed by atoms with E-state index in [1.807, 2.05) is 39.0 Å². The first-order chi connectivity index (χ1) is 9.13. The Morgan fingerprint density at radius 3 is 2.63 bits per heavy atom. The van der Waals surface area contributed by atoms with Gasteiger partial charge in [-0.15, -0.1) is 0 Å². The van der Waals surface area contributed by atoms with Gasteiger partial charge in [-0.05, 0) is 32.4 Å². The fraction of sp³-hybridized carbons (Fsp3) is 0.267. The lowest BCUT2D eigenvalue weighted by Gasteiger charge is -2.17. The first-order valence-corrected chi connectivity index (χ1v) is 6.17. The molecule has 1 N–H and O–H groups in total. The third-order valence-electron chi connectivity index (χ3n) is 3.09. The Labute approximate surface area is 113 Å². The molecule has 1 unspecified atom stereocenters. The molecule has 2 aromatic rings. The summed E-state index contributed by atoms with van der Waals surface area (Å²) in [5, 5.41) is 12.6. The summed E-state index contributed by atoms with van der Waals surface area (Å²) in [4.78, 5) is 8.58. The SMILES string of the molecule is Cc1cccc(NC(C)c2nccnc2C)c1C#N. The number of nitrogens with zero attached hydrogens (tertiary/aromatic N) is 3. The number of benzene rings is 1. The lowest BCUT2D eigenvalue weighted by Crippen LogP contribution is -2.12. The smallest absolute Gasteiger partial charge is 0.102 e. The van der Waals surface area contributed by atoms with Gasteiger partial charge in [-0.25, -0.2) is 0 Å². The predicted octanol–water partition coefficient (Wildman–Crippen LogP) is 3.14. The van der Waals surface area contributed by atoms with Crippen LogP contribution in [0.3, 0.4) is 0 Å². The zero-order valence-electron chi connectivity index (χ0n) is 11.3. The Bertz CT molecular complexity index is 628. The van der Waals surface area contributed by atoms with Crippen molar-refractivity contribution in [3.8, 4) is 6.07 Å². The summed E-state index contributed by atoms with van der Waals surface area (Å²) >= 11 is 0. The van der Waals surface area contributed by atoms with Crippen molar-refractivity contribution in [3.05, 3.63) is 53.1 Å². The Balaban J connectivity index is 2.30. The van der Waals surface area contributed by atoms with Gasteiger partial charge in [-0.1, -0.05) is 12.1 Å². The predicted molar refractivity (Wildman–Crippen MR) is 74.7 cm³/mol. The summed E-state index contributed by atoms with van der Waals surface area (Å²) in [5.41, 5.74) is 4.27. The fourth-order valence-electron chi connectivity index (χ4n) is 2.08. The van der Waals surface area contributed by atoms with Crippen molar-refractivity contribution in [2.24, 2.45) is 0 Å². The first kappa shape index (κ1) is 13.0. The Hall–Kier alpha value is -2.41. The molecule has 0 aliphatic heterocycles. The van der Waals surface area contributed by atoms with Crippen LogP contribution in [0.25, 0.3) is 0 Å². The molecule has 4 heteroatoms. The van der Waals surface area contributed by atoms with Crippen LogP contribution in [0.15, 0.2) is 30.6 Å². The second-order valence-corrected chi connectivity index (χ2v) is 4.50. The molecule has 96 valence electrons. The van der Waals surface area contributed by atoms with Crippen LogP contribution >= 0.6 is 0 Å². The summed E-state index contributed by atoms with van der Waals surface area (Å²) in [5.74, 6) is 0. The van der Waals surface area contributed by atoms with Gasteiger partial charge in [-0.2, -0.15) is 5.26 Å². The van der Waals surface area contributed by atoms with Crippen molar-refractivity contribution in [2.75, 3.05) is 5.32 Å². The van der Waals surface area contributed by atoms with Gasteiger partial charge in [0.25, 0.3) is 0 Å². The van der Waals surface area contributed by atoms with E-state index < -0.39 is 0 Å². The summed E-state index contributed by atoms with van der Waals surface area (Å²) in [6.07, 6.45) is 3.36. The zero-order chi connectivity index (χ0) is 13.8. The average Bonchev–Trinajstić information content (AvgIpc) is 2.39. The number of nitrogens with one attached hydrogen (secondary N) is 1. The Morgan fingerprint density at radius 2 is 1.95 bits per heavy atom. The molecule has 1 atom stereocenters. The molecular weight excluding hydrogens is 236 g/mol. The van der Waals surface area contributed by atoms with Gasteiger partial charge in [0.05, 0.1) is 28.7 Å². The molecule has 4 nitrogen and oxygen atoms in total. The topological polar surface area (TPSA) is 61.6 Å². The van der Waals surface area contributed by atoms with Gasteiger partial charge >= 0.3 is 0 Å². The van der Waals surface area contributed by atoms with Crippen molar-refractivity contribution in [3.63, 3.8) is 0 Å². The molecule has 0 radical (unpaired) electrons. The van der Waals surface area contributed by atoms with E-state index in [-0.39, 0.29) is 6.04 Å². The van der Waals surface area contributed by atoms with E-state index in [1.165, 1.54) is 0 Å². The van der Waals surface area contributed by atoms with Crippen LogP contribution in [0, 0.1) is 25.2 Å². The molecule has 0 bridgehead atoms. The van der Waals surface area contributed by atoms with Gasteiger partial charge in [-0.3, -0.25) is 9.97 Å². The highest BCUT2D eigenvalue weighted by atomic mass is 15.0. The highest BCUT2D eigenvalue weighted by Gasteiger charge is 2.13. The Kier molecular flexibility index (Phi) is 3.76. The second-order valence-electron chi connectivity index (χ2n) is 4.50. The minimum atomic E-state index is 0.00241. The first-order valence-electron chi connectivity index (χ1n) is 6.17. The molecule has 0 spiro atoms. The zero-order valence-corrected chi connectivity index (χ0v) is 11.3. The number of hydrogen-bond acceptors (Lipinski definition) is 4. The molecule has 1 aromatic carbocycles. The van der Waals surface area contributed by atoms with Crippen LogP contribution < -0.4 is 5.32 Å². The number of anilines is 1. The molecule has 0 fully saturated rings. The van der Waals surface area contributed by atoms with Crippen molar-refractivity contribution in [1.82, 2.24) is 9.97 Å². The van der Waals surface area contributed by atoms with E-state index in [2.05, 4.69) is 21.4 Å². The van der Waals surface area contributed by atoms with Gasteiger partial charge in [0.1, 0.15) is 6.07 Å². The summed E-state index contributed by atoms with van der Waals surface area (Å²) in [6, 6.07) is 8.02. The van der Waals surface area contributed by atoms with Gasteiger partial charge in [0.15, 0.2) is 0 Å². The molecule has 0 amide bonds. The maximum absolute atomic E-state index is 9.22. The number of aryl methyl sites for hydroxylation is 2. The molecule has 0 aliphatic carbocycles. The molecule has 2 rings (SSSR count). The van der Waals surface area contributed by atoms with E-state index >= 15 is 0 Å². The van der Waals surface area contributed by atoms with Crippen molar-refractivity contribution in [1.29, 1.82) is 5.26 Å². The highest BCUT2D eigenvalue weighted by molar-refractivity contribution is 5.61. The molecule has 1 aromatic heterocycles. The lowest BCUT2D eigenvalue weighted by molar-refractivity contribution is 0.809. The number of aromatic nitrogens is 2. The van der Waals surface area contributed by atoms with Crippen LogP contribution in [-0.2, 0) is 0 Å². The molecule has 0 saturated carbocycles. The molecule has 0 aliphatic rings. The minimum Gasteiger partial charge on any atom is -0.376 e. The van der Waals surface area contributed by atoms with Crippen LogP contribution in [-0.4, -0.2) is 9.97 Å². The molecular formula is C15H16N4. The molecule has 19 heavy (non-hydrogen) atoms. The van der Waals surface area contributed by atoms with Gasteiger partial charge < -0.3 is 5.32 Å². The van der Waals surface area contributed by atoms with E-state index in [4.69, 9.17) is 0 Å². The molecule has 1 heterocycles. The summed E-state index contributed by atoms with van der Waals surface area (Å²) < 4.78 is 0. The van der Waals surface area contributed by atoms with Gasteiger partial charge in [0.2, 0.25) is 0 Å². The number of rotatable bonds is 3. The fourth-order valence-corrected chi connectivity index (χ4v) is 2.08. The van der Waals surface area contributed by atoms with Crippen molar-refractivity contribution in [2.45, 2.75) is 26.8 Å². The third kappa shape index (κ3) is 2.71. The maximum atomic E-state index is 9.22. The number of nitriles is 1. The summed E-state index contributed by atoms with van der Waals surface area (Å²) in [6.45, 7) is 5.88. The summed E-state index contributed by atoms with van der Waals surface area (Å²) in [7, 11) is 0. The van der Waals surface area contributed by atoms with Crippen molar-refractivity contribution < 1.29 is 0 Å².